The molecule has 1 rings (SSSR count). The smallest absolute Gasteiger partial charge is 0.310 e. The summed E-state index contributed by atoms with van der Waals surface area (Å²) in [5.41, 5.74) is -1.69. The van der Waals surface area contributed by atoms with E-state index < -0.39 is 16.1 Å². The van der Waals surface area contributed by atoms with Crippen LogP contribution >= 0.6 is 11.6 Å². The van der Waals surface area contributed by atoms with Gasteiger partial charge in [0.1, 0.15) is 10.7 Å². The number of halogens is 1. The van der Waals surface area contributed by atoms with Crippen molar-refractivity contribution in [2.75, 3.05) is 5.32 Å². The van der Waals surface area contributed by atoms with Crippen LogP contribution in [0.3, 0.4) is 0 Å². The third-order valence-corrected chi connectivity index (χ3v) is 3.45. The number of nitrogens with one attached hydrogen (secondary N) is 1. The third-order valence-electron chi connectivity index (χ3n) is 3.15. The van der Waals surface area contributed by atoms with Gasteiger partial charge in [-0.05, 0) is 39.8 Å². The van der Waals surface area contributed by atoms with Crippen molar-refractivity contribution >= 4 is 23.0 Å². The minimum absolute atomic E-state index is 0.0662. The van der Waals surface area contributed by atoms with Gasteiger partial charge in [0.25, 0.3) is 0 Å². The Balaban J connectivity index is 3.21. The van der Waals surface area contributed by atoms with Crippen LogP contribution in [0.4, 0.5) is 11.4 Å². The lowest BCUT2D eigenvalue weighted by Crippen LogP contribution is -2.51. The van der Waals surface area contributed by atoms with Crippen molar-refractivity contribution < 1.29 is 10.0 Å². The molecule has 0 saturated carbocycles. The first kappa shape index (κ1) is 14.7. The van der Waals surface area contributed by atoms with E-state index in [1.54, 1.807) is 39.8 Å². The van der Waals surface area contributed by atoms with Gasteiger partial charge in [-0.25, -0.2) is 0 Å². The fourth-order valence-corrected chi connectivity index (χ4v) is 1.53. The molecule has 0 fully saturated rings. The number of aliphatic hydroxyl groups is 1. The molecule has 1 aromatic carbocycles. The first-order chi connectivity index (χ1) is 8.06. The maximum Gasteiger partial charge on any atom is 0.310 e. The zero-order chi connectivity index (χ0) is 14.1. The van der Waals surface area contributed by atoms with Crippen molar-refractivity contribution in [2.45, 2.75) is 38.8 Å². The lowest BCUT2D eigenvalue weighted by Gasteiger charge is -2.38. The molecule has 0 atom stereocenters. The summed E-state index contributed by atoms with van der Waals surface area (Å²) in [5.74, 6) is 0. The molecule has 6 heteroatoms. The molecule has 0 aliphatic rings. The number of anilines is 1. The highest BCUT2D eigenvalue weighted by atomic mass is 35.5. The molecule has 0 unspecified atom stereocenters. The number of rotatable bonds is 4. The summed E-state index contributed by atoms with van der Waals surface area (Å²) in [6.07, 6.45) is 0. The Morgan fingerprint density at radius 2 is 1.89 bits per heavy atom. The first-order valence-corrected chi connectivity index (χ1v) is 5.87. The van der Waals surface area contributed by atoms with Gasteiger partial charge in [0, 0.05) is 0 Å². The second kappa shape index (κ2) is 4.74. The maximum absolute atomic E-state index is 11.0. The summed E-state index contributed by atoms with van der Waals surface area (Å²) in [4.78, 5) is 10.5. The molecule has 1 aromatic rings. The van der Waals surface area contributed by atoms with Crippen LogP contribution in [0.15, 0.2) is 18.2 Å². The molecule has 100 valence electrons. The van der Waals surface area contributed by atoms with Crippen LogP contribution < -0.4 is 5.32 Å². The molecule has 0 bridgehead atoms. The van der Waals surface area contributed by atoms with E-state index in [1.807, 2.05) is 0 Å². The minimum Gasteiger partial charge on any atom is -0.388 e. The van der Waals surface area contributed by atoms with E-state index in [9.17, 15) is 15.2 Å². The molecule has 0 radical (unpaired) electrons. The van der Waals surface area contributed by atoms with Crippen LogP contribution in [0.25, 0.3) is 0 Å². The van der Waals surface area contributed by atoms with Gasteiger partial charge in [-0.15, -0.1) is 0 Å². The molecule has 0 heterocycles. The lowest BCUT2D eigenvalue weighted by molar-refractivity contribution is -0.383. The number of nitrogens with zero attached hydrogens (tertiary/aromatic N) is 1. The Labute approximate surface area is 111 Å². The molecular weight excluding hydrogens is 256 g/mol. The van der Waals surface area contributed by atoms with Gasteiger partial charge in [-0.1, -0.05) is 17.7 Å². The molecule has 0 aliphatic carbocycles. The van der Waals surface area contributed by atoms with Gasteiger partial charge in [0.2, 0.25) is 0 Å². The standard InChI is InChI=1S/C12H17ClN2O3/c1-11(2,12(3,4)16)14-9-7-5-6-8(13)10(9)15(17)18/h5-7,14,16H,1-4H3. The minimum atomic E-state index is -1.05. The predicted molar refractivity (Wildman–Crippen MR) is 72.1 cm³/mol. The van der Waals surface area contributed by atoms with E-state index in [-0.39, 0.29) is 10.7 Å². The Bertz CT molecular complexity index is 467. The van der Waals surface area contributed by atoms with Gasteiger partial charge < -0.3 is 10.4 Å². The molecule has 2 N–H and O–H groups in total. The molecule has 0 amide bonds. The van der Waals surface area contributed by atoms with E-state index in [1.165, 1.54) is 6.07 Å². The van der Waals surface area contributed by atoms with E-state index in [0.717, 1.165) is 0 Å². The highest BCUT2D eigenvalue weighted by Gasteiger charge is 2.36. The molecule has 0 spiro atoms. The largest absolute Gasteiger partial charge is 0.388 e. The second-order valence-corrected chi connectivity index (χ2v) is 5.61. The van der Waals surface area contributed by atoms with Gasteiger partial charge in [-0.3, -0.25) is 10.1 Å². The van der Waals surface area contributed by atoms with Crippen molar-refractivity contribution in [3.63, 3.8) is 0 Å². The SMILES string of the molecule is CC(C)(O)C(C)(C)Nc1cccc(Cl)c1[N+](=O)[O-]. The van der Waals surface area contributed by atoms with Crippen molar-refractivity contribution in [3.8, 4) is 0 Å². The van der Waals surface area contributed by atoms with Gasteiger partial charge >= 0.3 is 5.69 Å². The van der Waals surface area contributed by atoms with Crippen molar-refractivity contribution in [1.29, 1.82) is 0 Å². The number of para-hydroxylation sites is 1. The average Bonchev–Trinajstić information content (AvgIpc) is 2.14. The van der Waals surface area contributed by atoms with Gasteiger partial charge in [0.15, 0.2) is 0 Å². The van der Waals surface area contributed by atoms with Crippen molar-refractivity contribution in [3.05, 3.63) is 33.3 Å². The summed E-state index contributed by atoms with van der Waals surface area (Å²) in [7, 11) is 0. The highest BCUT2D eigenvalue weighted by Crippen LogP contribution is 2.35. The summed E-state index contributed by atoms with van der Waals surface area (Å²) in [6.45, 7) is 6.79. The number of nitro groups is 1. The van der Waals surface area contributed by atoms with Gasteiger partial charge in [0.05, 0.1) is 16.1 Å². The summed E-state index contributed by atoms with van der Waals surface area (Å²) < 4.78 is 0. The Morgan fingerprint density at radius 1 is 1.33 bits per heavy atom. The van der Waals surface area contributed by atoms with Crippen LogP contribution in [-0.4, -0.2) is 21.2 Å². The zero-order valence-corrected chi connectivity index (χ0v) is 11.6. The molecule has 0 saturated heterocycles. The predicted octanol–water partition coefficient (Wildman–Crippen LogP) is 3.21. The van der Waals surface area contributed by atoms with E-state index in [0.29, 0.717) is 5.69 Å². The molecular formula is C12H17ClN2O3. The Kier molecular flexibility index (Phi) is 3.88. The summed E-state index contributed by atoms with van der Waals surface area (Å²) in [5, 5.41) is 24.1. The van der Waals surface area contributed by atoms with E-state index >= 15 is 0 Å². The Hall–Kier alpha value is -1.33. The number of hydrogen-bond acceptors (Lipinski definition) is 4. The number of hydrogen-bond donors (Lipinski definition) is 2. The third kappa shape index (κ3) is 2.91. The maximum atomic E-state index is 11.0. The van der Waals surface area contributed by atoms with E-state index in [2.05, 4.69) is 5.32 Å². The second-order valence-electron chi connectivity index (χ2n) is 5.20. The van der Waals surface area contributed by atoms with Crippen LogP contribution in [-0.2, 0) is 0 Å². The molecule has 0 aliphatic heterocycles. The Morgan fingerprint density at radius 3 is 2.33 bits per heavy atom. The summed E-state index contributed by atoms with van der Waals surface area (Å²) in [6, 6.07) is 4.65. The van der Waals surface area contributed by atoms with Crippen molar-refractivity contribution in [2.24, 2.45) is 0 Å². The normalized spacial score (nSPS) is 12.3. The number of nitro benzene ring substituents is 1. The first-order valence-electron chi connectivity index (χ1n) is 5.50. The molecule has 18 heavy (non-hydrogen) atoms. The van der Waals surface area contributed by atoms with Crippen LogP contribution in [0, 0.1) is 10.1 Å². The topological polar surface area (TPSA) is 75.4 Å². The molecule has 0 aromatic heterocycles. The van der Waals surface area contributed by atoms with E-state index in [4.69, 9.17) is 11.6 Å². The average molecular weight is 273 g/mol. The van der Waals surface area contributed by atoms with Crippen LogP contribution in [0.1, 0.15) is 27.7 Å². The quantitative estimate of drug-likeness (QED) is 0.652. The summed E-state index contributed by atoms with van der Waals surface area (Å²) >= 11 is 5.82. The lowest BCUT2D eigenvalue weighted by atomic mass is 9.85. The fraction of sp³-hybridized carbons (Fsp3) is 0.500. The monoisotopic (exact) mass is 272 g/mol. The molecule has 5 nitrogen and oxygen atoms in total. The fourth-order valence-electron chi connectivity index (χ4n) is 1.29. The zero-order valence-electron chi connectivity index (χ0n) is 10.8. The highest BCUT2D eigenvalue weighted by molar-refractivity contribution is 6.33. The van der Waals surface area contributed by atoms with Crippen LogP contribution in [0.5, 0.6) is 0 Å². The number of benzene rings is 1. The van der Waals surface area contributed by atoms with Crippen molar-refractivity contribution in [1.82, 2.24) is 0 Å². The van der Waals surface area contributed by atoms with Gasteiger partial charge in [-0.2, -0.15) is 0 Å². The van der Waals surface area contributed by atoms with Crippen LogP contribution in [0.2, 0.25) is 5.02 Å².